The van der Waals surface area contributed by atoms with E-state index in [1.807, 2.05) is 20.8 Å². The highest BCUT2D eigenvalue weighted by Gasteiger charge is 2.12. The summed E-state index contributed by atoms with van der Waals surface area (Å²) in [6.45, 7) is 31.8. The quantitative estimate of drug-likeness (QED) is 0.248. The lowest BCUT2D eigenvalue weighted by molar-refractivity contribution is 0.346. The molecule has 4 rings (SSSR count). The molecule has 0 saturated heterocycles. The van der Waals surface area contributed by atoms with Crippen molar-refractivity contribution >= 4 is 0 Å². The van der Waals surface area contributed by atoms with Gasteiger partial charge < -0.3 is 0 Å². The van der Waals surface area contributed by atoms with Crippen LogP contribution in [0.4, 0.5) is 0 Å². The van der Waals surface area contributed by atoms with Crippen molar-refractivity contribution in [1.29, 1.82) is 0 Å². The first-order valence-corrected chi connectivity index (χ1v) is 17.7. The third-order valence-electron chi connectivity index (χ3n) is 6.25. The number of terminal acetylenes is 2. The van der Waals surface area contributed by atoms with Crippen LogP contribution in [-0.2, 0) is 0 Å². The lowest BCUT2D eigenvalue weighted by atomic mass is 9.88. The second-order valence-corrected chi connectivity index (χ2v) is 14.9. The van der Waals surface area contributed by atoms with Gasteiger partial charge in [0.05, 0.1) is 0 Å². The van der Waals surface area contributed by atoms with Crippen molar-refractivity contribution in [3.8, 4) is 36.5 Å². The Morgan fingerprint density at radius 3 is 0.786 bits per heavy atom. The Morgan fingerprint density at radius 2 is 0.738 bits per heavy atom. The van der Waals surface area contributed by atoms with Gasteiger partial charge in [-0.1, -0.05) is 173 Å². The van der Waals surface area contributed by atoms with E-state index in [0.717, 1.165) is 36.0 Å². The molecule has 0 radical (unpaired) electrons. The van der Waals surface area contributed by atoms with Gasteiger partial charge in [0.1, 0.15) is 0 Å². The smallest absolute Gasteiger partial charge is 0.00576 e. The molecule has 0 spiro atoms. The molecule has 0 aromatic rings. The Kier molecular flexibility index (Phi) is 47.5. The molecule has 250 valence electrons. The molecule has 4 aliphatic carbocycles. The van der Waals surface area contributed by atoms with Gasteiger partial charge in [-0.3, -0.25) is 0 Å². The molecule has 4 aliphatic rings. The van der Waals surface area contributed by atoms with Crippen molar-refractivity contribution in [3.63, 3.8) is 0 Å². The van der Waals surface area contributed by atoms with Crippen molar-refractivity contribution in [2.75, 3.05) is 0 Å². The third kappa shape index (κ3) is 90.2. The maximum absolute atomic E-state index is 4.78. The van der Waals surface area contributed by atoms with E-state index in [4.69, 9.17) is 6.42 Å². The molecule has 0 aliphatic heterocycles. The normalized spacial score (nSPS) is 16.7. The minimum atomic E-state index is 0.500. The number of hydrogen-bond donors (Lipinski definition) is 0. The molecule has 4 fully saturated rings. The standard InChI is InChI=1S/C7H14.C6H12.C5H10.C5H12.C4H8.C4H10.2C4H6.C3H4/c1-7-5-3-2-4-6-7;1-6-4-2-3-5-6;1-5-3-2-4-5;1-5(2,3)4;1-4-2-3-4;1-4(2)3;2*1-3-4-2;1-3-2/h7H,2-6H2,1H3;6H,2-5H2,1H3;5H,2-4H2,1H3;1-4H3;4H,2-3H2,1H3;4H,1-3H3;1-2H3;1H,4H2,2H3;1H,2H3. The molecule has 4 saturated carbocycles. The zero-order valence-corrected chi connectivity index (χ0v) is 32.1. The number of rotatable bonds is 0. The fourth-order valence-corrected chi connectivity index (χ4v) is 3.22. The van der Waals surface area contributed by atoms with Crippen molar-refractivity contribution in [3.05, 3.63) is 0 Å². The average molecular weight is 587 g/mol. The summed E-state index contributed by atoms with van der Waals surface area (Å²) in [6.07, 6.45) is 31.0. The first kappa shape index (κ1) is 50.3. The molecule has 0 heterocycles. The van der Waals surface area contributed by atoms with Crippen LogP contribution in [0.15, 0.2) is 0 Å². The van der Waals surface area contributed by atoms with E-state index in [0.29, 0.717) is 5.41 Å². The SMILES string of the molecule is C#CC.C#CCC.CC#CC.CC(C)(C)C.CC(C)C.CC1CC1.CC1CCC1.CC1CCCC1.CC1CCCCC1. The highest BCUT2D eigenvalue weighted by molar-refractivity contribution is 4.89. The topological polar surface area (TPSA) is 0 Å². The summed E-state index contributed by atoms with van der Waals surface area (Å²) in [4.78, 5) is 0. The van der Waals surface area contributed by atoms with E-state index in [-0.39, 0.29) is 0 Å². The van der Waals surface area contributed by atoms with Gasteiger partial charge in [-0.2, -0.15) is 0 Å². The van der Waals surface area contributed by atoms with E-state index >= 15 is 0 Å². The van der Waals surface area contributed by atoms with Crippen LogP contribution in [0.25, 0.3) is 0 Å². The Labute approximate surface area is 271 Å². The van der Waals surface area contributed by atoms with Gasteiger partial charge >= 0.3 is 0 Å². The third-order valence-corrected chi connectivity index (χ3v) is 6.25. The highest BCUT2D eigenvalue weighted by Crippen LogP contribution is 2.27. The lowest BCUT2D eigenvalue weighted by Gasteiger charge is -2.18. The molecule has 0 atom stereocenters. The summed E-state index contributed by atoms with van der Waals surface area (Å²) in [7, 11) is 0. The van der Waals surface area contributed by atoms with Gasteiger partial charge in [-0.25, -0.2) is 0 Å². The largest absolute Gasteiger partial charge is 0.120 e. The van der Waals surface area contributed by atoms with Crippen molar-refractivity contribution in [1.82, 2.24) is 0 Å². The predicted octanol–water partition coefficient (Wildman–Crippen LogP) is 14.4. The van der Waals surface area contributed by atoms with Crippen molar-refractivity contribution in [2.45, 2.75) is 200 Å². The van der Waals surface area contributed by atoms with Crippen LogP contribution in [0.1, 0.15) is 200 Å². The Hall–Kier alpha value is -1.32. The average Bonchev–Trinajstić information content (AvgIpc) is 3.53. The second-order valence-electron chi connectivity index (χ2n) is 14.9. The van der Waals surface area contributed by atoms with Gasteiger partial charge in [0.2, 0.25) is 0 Å². The second kappa shape index (κ2) is 39.7. The molecule has 0 unspecified atom stereocenters. The minimum absolute atomic E-state index is 0.500. The van der Waals surface area contributed by atoms with E-state index in [1.165, 1.54) is 89.9 Å². The highest BCUT2D eigenvalue weighted by atomic mass is 14.2. The predicted molar refractivity (Wildman–Crippen MR) is 200 cm³/mol. The minimum Gasteiger partial charge on any atom is -0.120 e. The summed E-state index contributed by atoms with van der Waals surface area (Å²) in [6, 6.07) is 0. The molecule has 0 heteroatoms. The summed E-state index contributed by atoms with van der Waals surface area (Å²) in [5.74, 6) is 15.1. The van der Waals surface area contributed by atoms with E-state index < -0.39 is 0 Å². The van der Waals surface area contributed by atoms with Gasteiger partial charge in [0.15, 0.2) is 0 Å². The van der Waals surface area contributed by atoms with Crippen LogP contribution >= 0.6 is 0 Å². The fraction of sp³-hybridized carbons (Fsp3) is 0.857. The number of hydrogen-bond acceptors (Lipinski definition) is 0. The van der Waals surface area contributed by atoms with Gasteiger partial charge in [-0.15, -0.1) is 36.5 Å². The summed E-state index contributed by atoms with van der Waals surface area (Å²) in [5.41, 5.74) is 0.500. The van der Waals surface area contributed by atoms with E-state index in [1.54, 1.807) is 6.92 Å². The lowest BCUT2D eigenvalue weighted by Crippen LogP contribution is -2.04. The molecule has 0 bridgehead atoms. The Bertz CT molecular complexity index is 585. The van der Waals surface area contributed by atoms with Crippen LogP contribution in [0.3, 0.4) is 0 Å². The molecule has 0 nitrogen and oxygen atoms in total. The molecule has 0 aromatic heterocycles. The zero-order chi connectivity index (χ0) is 33.8. The Balaban J connectivity index is -0.000000124. The van der Waals surface area contributed by atoms with Crippen LogP contribution < -0.4 is 0 Å². The van der Waals surface area contributed by atoms with Gasteiger partial charge in [0.25, 0.3) is 0 Å². The van der Waals surface area contributed by atoms with Crippen LogP contribution in [-0.4, -0.2) is 0 Å². The molecule has 0 amide bonds. The van der Waals surface area contributed by atoms with Crippen molar-refractivity contribution < 1.29 is 0 Å². The van der Waals surface area contributed by atoms with Crippen molar-refractivity contribution in [2.24, 2.45) is 35.0 Å². The van der Waals surface area contributed by atoms with Crippen LogP contribution in [0.2, 0.25) is 0 Å². The zero-order valence-electron chi connectivity index (χ0n) is 32.1. The Morgan fingerprint density at radius 1 is 0.548 bits per heavy atom. The molecule has 0 N–H and O–H groups in total. The molecular formula is C42H82. The van der Waals surface area contributed by atoms with Crippen LogP contribution in [0, 0.1) is 71.5 Å². The summed E-state index contributed by atoms with van der Waals surface area (Å²) in [5, 5.41) is 0. The fourth-order valence-electron chi connectivity index (χ4n) is 3.22. The monoisotopic (exact) mass is 587 g/mol. The van der Waals surface area contributed by atoms with Gasteiger partial charge in [0, 0.05) is 6.42 Å². The maximum atomic E-state index is 4.78. The molecule has 0 aromatic carbocycles. The van der Waals surface area contributed by atoms with Crippen LogP contribution in [0.5, 0.6) is 0 Å². The molecular weight excluding hydrogens is 504 g/mol. The molecule has 42 heavy (non-hydrogen) atoms. The maximum Gasteiger partial charge on any atom is 0.00576 e. The first-order valence-electron chi connectivity index (χ1n) is 17.7. The van der Waals surface area contributed by atoms with E-state index in [2.05, 4.69) is 106 Å². The summed E-state index contributed by atoms with van der Waals surface area (Å²) >= 11 is 0. The summed E-state index contributed by atoms with van der Waals surface area (Å²) < 4.78 is 0. The van der Waals surface area contributed by atoms with E-state index in [9.17, 15) is 0 Å². The van der Waals surface area contributed by atoms with Gasteiger partial charge in [-0.05, 0) is 55.8 Å². The first-order chi connectivity index (χ1) is 19.6.